The van der Waals surface area contributed by atoms with Crippen molar-refractivity contribution < 1.29 is 19.9 Å². The number of carbonyl (C=O) groups is 1. The second-order valence-electron chi connectivity index (χ2n) is 4.82. The maximum absolute atomic E-state index is 12.7. The fourth-order valence-electron chi connectivity index (χ4n) is 2.32. The summed E-state index contributed by atoms with van der Waals surface area (Å²) in [5, 5.41) is 30.6. The molecule has 0 saturated carbocycles. The Morgan fingerprint density at radius 1 is 1.12 bits per heavy atom. The Hall–Kier alpha value is -3.00. The Morgan fingerprint density at radius 3 is 2.54 bits per heavy atom. The third-order valence-corrected chi connectivity index (χ3v) is 3.42. The van der Waals surface area contributed by atoms with Crippen LogP contribution in [0.1, 0.15) is 15.9 Å². The van der Waals surface area contributed by atoms with Crippen molar-refractivity contribution in [3.8, 4) is 11.5 Å². The number of ketones is 1. The Bertz CT molecular complexity index is 953. The van der Waals surface area contributed by atoms with E-state index in [0.29, 0.717) is 16.5 Å². The number of carbonyl (C=O) groups excluding carboxylic acids is 1. The summed E-state index contributed by atoms with van der Waals surface area (Å²) in [5.41, 5.74) is 0.0842. The summed E-state index contributed by atoms with van der Waals surface area (Å²) in [7, 11) is 0. The van der Waals surface area contributed by atoms with E-state index in [4.69, 9.17) is 0 Å². The minimum absolute atomic E-state index is 0. The highest BCUT2D eigenvalue weighted by Gasteiger charge is 2.23. The molecule has 2 aromatic carbocycles. The zero-order valence-electron chi connectivity index (χ0n) is 12.0. The lowest BCUT2D eigenvalue weighted by molar-refractivity contribution is -0.386. The number of benzene rings is 2. The number of nitro benzene ring substituents is 1. The number of nitro groups is 1. The van der Waals surface area contributed by atoms with Gasteiger partial charge in [0.25, 0.3) is 0 Å². The average Bonchev–Trinajstić information content (AvgIpc) is 2.55. The molecular weight excluding hydrogens is 380 g/mol. The number of aromatic hydroxyl groups is 2. The molecule has 1 aromatic heterocycles. The normalized spacial score (nSPS) is 10.2. The van der Waals surface area contributed by atoms with E-state index < -0.39 is 27.9 Å². The summed E-state index contributed by atoms with van der Waals surface area (Å²) in [5.74, 6) is -2.10. The second kappa shape index (κ2) is 6.63. The van der Waals surface area contributed by atoms with Crippen LogP contribution in [0, 0.1) is 10.1 Å². The zero-order chi connectivity index (χ0) is 16.6. The number of hydrogen-bond acceptors (Lipinski definition) is 6. The van der Waals surface area contributed by atoms with Gasteiger partial charge in [-0.3, -0.25) is 19.9 Å². The summed E-state index contributed by atoms with van der Waals surface area (Å²) >= 11 is 0. The van der Waals surface area contributed by atoms with Crippen molar-refractivity contribution in [3.05, 3.63) is 69.9 Å². The predicted molar refractivity (Wildman–Crippen MR) is 91.9 cm³/mol. The summed E-state index contributed by atoms with van der Waals surface area (Å²) in [6, 6.07) is 10.4. The lowest BCUT2D eigenvalue weighted by Gasteiger charge is -2.07. The first-order valence-electron chi connectivity index (χ1n) is 6.58. The Kier molecular flexibility index (Phi) is 4.79. The van der Waals surface area contributed by atoms with Gasteiger partial charge in [-0.1, -0.05) is 18.2 Å². The molecule has 3 rings (SSSR count). The summed E-state index contributed by atoms with van der Waals surface area (Å²) in [6.45, 7) is 0. The van der Waals surface area contributed by atoms with Gasteiger partial charge in [-0.25, -0.2) is 0 Å². The number of hydrogen-bond donors (Lipinski definition) is 2. The Labute approximate surface area is 146 Å². The van der Waals surface area contributed by atoms with Crippen LogP contribution in [0.3, 0.4) is 0 Å². The van der Waals surface area contributed by atoms with Crippen LogP contribution in [-0.2, 0) is 0 Å². The van der Waals surface area contributed by atoms with Crippen LogP contribution < -0.4 is 0 Å². The number of pyridine rings is 1. The molecule has 3 aromatic rings. The topological polar surface area (TPSA) is 114 Å². The minimum atomic E-state index is -0.869. The monoisotopic (exact) mass is 390 g/mol. The number of phenolic OH excluding ortho intramolecular Hbond substituents is 2. The van der Waals surface area contributed by atoms with Gasteiger partial charge < -0.3 is 10.2 Å². The van der Waals surface area contributed by atoms with E-state index >= 15 is 0 Å². The van der Waals surface area contributed by atoms with Gasteiger partial charge in [0.05, 0.1) is 10.4 Å². The second-order valence-corrected chi connectivity index (χ2v) is 4.82. The maximum atomic E-state index is 12.7. The highest BCUT2D eigenvalue weighted by molar-refractivity contribution is 8.93. The molecule has 0 aliphatic carbocycles. The van der Waals surface area contributed by atoms with E-state index in [9.17, 15) is 25.1 Å². The van der Waals surface area contributed by atoms with E-state index in [1.165, 1.54) is 12.3 Å². The van der Waals surface area contributed by atoms with Crippen molar-refractivity contribution in [2.45, 2.75) is 0 Å². The lowest BCUT2D eigenvalue weighted by atomic mass is 9.99. The first kappa shape index (κ1) is 17.4. The van der Waals surface area contributed by atoms with Crippen molar-refractivity contribution in [3.63, 3.8) is 0 Å². The fourth-order valence-corrected chi connectivity index (χ4v) is 2.32. The van der Waals surface area contributed by atoms with Crippen LogP contribution in [-0.4, -0.2) is 25.9 Å². The van der Waals surface area contributed by atoms with Crippen LogP contribution >= 0.6 is 17.0 Å². The molecule has 0 fully saturated rings. The molecule has 24 heavy (non-hydrogen) atoms. The van der Waals surface area contributed by atoms with Crippen LogP contribution in [0.25, 0.3) is 10.9 Å². The van der Waals surface area contributed by atoms with Crippen LogP contribution in [0.15, 0.2) is 48.7 Å². The van der Waals surface area contributed by atoms with Gasteiger partial charge in [-0.2, -0.15) is 0 Å². The molecule has 0 aliphatic rings. The van der Waals surface area contributed by atoms with Crippen molar-refractivity contribution in [2.75, 3.05) is 0 Å². The highest BCUT2D eigenvalue weighted by atomic mass is 79.9. The van der Waals surface area contributed by atoms with E-state index in [2.05, 4.69) is 4.98 Å². The zero-order valence-corrected chi connectivity index (χ0v) is 13.8. The van der Waals surface area contributed by atoms with Gasteiger partial charge in [0.2, 0.25) is 5.75 Å². The molecule has 0 unspecified atom stereocenters. The predicted octanol–water partition coefficient (Wildman–Crippen LogP) is 3.36. The molecule has 0 bridgehead atoms. The van der Waals surface area contributed by atoms with Gasteiger partial charge in [0.1, 0.15) is 0 Å². The van der Waals surface area contributed by atoms with Crippen LogP contribution in [0.4, 0.5) is 5.69 Å². The van der Waals surface area contributed by atoms with E-state index in [0.717, 1.165) is 12.1 Å². The maximum Gasteiger partial charge on any atom is 0.315 e. The third-order valence-electron chi connectivity index (χ3n) is 3.42. The number of fused-ring (bicyclic) bond motifs is 1. The number of rotatable bonds is 3. The fraction of sp³-hybridized carbons (Fsp3) is 0. The van der Waals surface area contributed by atoms with Gasteiger partial charge >= 0.3 is 5.69 Å². The molecule has 0 saturated heterocycles. The quantitative estimate of drug-likeness (QED) is 0.306. The van der Waals surface area contributed by atoms with Crippen molar-refractivity contribution in [1.82, 2.24) is 4.98 Å². The third kappa shape index (κ3) is 2.91. The van der Waals surface area contributed by atoms with Crippen LogP contribution in [0.2, 0.25) is 0 Å². The molecule has 0 aliphatic heterocycles. The average molecular weight is 391 g/mol. The van der Waals surface area contributed by atoms with Gasteiger partial charge in [0, 0.05) is 28.8 Å². The number of para-hydroxylation sites is 1. The van der Waals surface area contributed by atoms with E-state index in [-0.39, 0.29) is 22.5 Å². The molecule has 0 amide bonds. The summed E-state index contributed by atoms with van der Waals surface area (Å²) in [4.78, 5) is 26.8. The number of halogens is 1. The van der Waals surface area contributed by atoms with Gasteiger partial charge in [-0.15, -0.1) is 17.0 Å². The molecular formula is C16H11BrN2O5. The van der Waals surface area contributed by atoms with E-state index in [1.54, 1.807) is 24.3 Å². The molecule has 2 N–H and O–H groups in total. The lowest BCUT2D eigenvalue weighted by Crippen LogP contribution is -2.04. The van der Waals surface area contributed by atoms with E-state index in [1.807, 2.05) is 0 Å². The molecule has 7 nitrogen and oxygen atoms in total. The van der Waals surface area contributed by atoms with Gasteiger partial charge in [0.15, 0.2) is 11.5 Å². The standard InChI is InChI=1S/C16H10N2O5.BrH/c19-14-8-9(7-13(16(14)21)18(22)23)15(20)11-5-6-17-12-4-2-1-3-10(11)12;/h1-8,19,21H;1H. The first-order chi connectivity index (χ1) is 11.0. The molecule has 0 spiro atoms. The molecule has 0 atom stereocenters. The Balaban J connectivity index is 0.00000208. The first-order valence-corrected chi connectivity index (χ1v) is 6.58. The van der Waals surface area contributed by atoms with Gasteiger partial charge in [-0.05, 0) is 18.2 Å². The minimum Gasteiger partial charge on any atom is -0.504 e. The SMILES string of the molecule is Br.O=C(c1cc(O)c(O)c([N+](=O)[O-])c1)c1ccnc2ccccc12. The summed E-state index contributed by atoms with van der Waals surface area (Å²) in [6.07, 6.45) is 1.46. The largest absolute Gasteiger partial charge is 0.504 e. The molecule has 0 radical (unpaired) electrons. The van der Waals surface area contributed by atoms with Crippen molar-refractivity contribution >= 4 is 39.4 Å². The highest BCUT2D eigenvalue weighted by Crippen LogP contribution is 2.36. The molecule has 122 valence electrons. The number of phenols is 2. The Morgan fingerprint density at radius 2 is 1.83 bits per heavy atom. The summed E-state index contributed by atoms with van der Waals surface area (Å²) < 4.78 is 0. The van der Waals surface area contributed by atoms with Crippen molar-refractivity contribution in [1.29, 1.82) is 0 Å². The molecule has 8 heteroatoms. The van der Waals surface area contributed by atoms with Crippen molar-refractivity contribution in [2.24, 2.45) is 0 Å². The number of aromatic nitrogens is 1. The van der Waals surface area contributed by atoms with Crippen LogP contribution in [0.5, 0.6) is 11.5 Å². The number of nitrogens with zero attached hydrogens (tertiary/aromatic N) is 2. The molecule has 1 heterocycles. The smallest absolute Gasteiger partial charge is 0.315 e.